The molecule has 2 rings (SSSR count). The number of hydrogen-bond donors (Lipinski definition) is 2. The Hall–Kier alpha value is -1.56. The van der Waals surface area contributed by atoms with E-state index in [4.69, 9.17) is 11.1 Å². The lowest BCUT2D eigenvalue weighted by Gasteiger charge is -2.25. The molecule has 0 saturated heterocycles. The summed E-state index contributed by atoms with van der Waals surface area (Å²) in [5.41, 5.74) is 8.89. The van der Waals surface area contributed by atoms with Crippen molar-refractivity contribution < 1.29 is 0 Å². The lowest BCUT2D eigenvalue weighted by atomic mass is 10.0. The first kappa shape index (κ1) is 14.8. The molecular formula is C16H18IN3. The molecule has 0 fully saturated rings. The maximum atomic E-state index is 7.90. The van der Waals surface area contributed by atoms with E-state index in [0.717, 1.165) is 14.9 Å². The molecule has 0 aromatic heterocycles. The summed E-state index contributed by atoms with van der Waals surface area (Å²) in [7, 11) is 0. The number of nitrogens with zero attached hydrogens (tertiary/aromatic N) is 1. The zero-order chi connectivity index (χ0) is 14.7. The summed E-state index contributed by atoms with van der Waals surface area (Å²) in [6.45, 7) is 4.31. The number of para-hydroxylation sites is 1. The molecule has 2 aromatic carbocycles. The van der Waals surface area contributed by atoms with E-state index >= 15 is 0 Å². The van der Waals surface area contributed by atoms with Crippen molar-refractivity contribution in [3.8, 4) is 0 Å². The predicted octanol–water partition coefficient (Wildman–Crippen LogP) is 4.45. The molecule has 0 saturated carbocycles. The van der Waals surface area contributed by atoms with Crippen LogP contribution >= 0.6 is 22.6 Å². The van der Waals surface area contributed by atoms with Crippen molar-refractivity contribution in [2.24, 2.45) is 5.73 Å². The number of anilines is 2. The van der Waals surface area contributed by atoms with Gasteiger partial charge in [-0.3, -0.25) is 10.3 Å². The largest absolute Gasteiger partial charge is 0.369 e. The van der Waals surface area contributed by atoms with Crippen molar-refractivity contribution >= 4 is 39.9 Å². The summed E-state index contributed by atoms with van der Waals surface area (Å²) < 4.78 is 1.07. The van der Waals surface area contributed by atoms with Gasteiger partial charge in [-0.05, 0) is 58.3 Å². The van der Waals surface area contributed by atoms with Crippen LogP contribution in [0.2, 0.25) is 0 Å². The third-order valence-electron chi connectivity index (χ3n) is 3.13. The molecule has 0 aliphatic heterocycles. The van der Waals surface area contributed by atoms with Gasteiger partial charge in [0.2, 0.25) is 0 Å². The minimum atomic E-state index is 0.0232. The predicted molar refractivity (Wildman–Crippen MR) is 93.7 cm³/mol. The average molecular weight is 379 g/mol. The Morgan fingerprint density at radius 3 is 2.45 bits per heavy atom. The Bertz CT molecular complexity index is 623. The second-order valence-electron chi connectivity index (χ2n) is 4.92. The molecule has 104 valence electrons. The van der Waals surface area contributed by atoms with E-state index in [1.54, 1.807) is 4.90 Å². The lowest BCUT2D eigenvalue weighted by Crippen LogP contribution is -2.32. The van der Waals surface area contributed by atoms with E-state index < -0.39 is 0 Å². The van der Waals surface area contributed by atoms with Gasteiger partial charge < -0.3 is 5.73 Å². The number of nitrogens with one attached hydrogen (secondary N) is 1. The van der Waals surface area contributed by atoms with Crippen LogP contribution < -0.4 is 10.6 Å². The number of benzene rings is 2. The Morgan fingerprint density at radius 2 is 1.85 bits per heavy atom. The number of hydrogen-bond acceptors (Lipinski definition) is 1. The third-order valence-corrected chi connectivity index (χ3v) is 4.04. The molecular weight excluding hydrogens is 361 g/mol. The Kier molecular flexibility index (Phi) is 4.65. The average Bonchev–Trinajstić information content (AvgIpc) is 2.41. The molecule has 0 spiro atoms. The molecule has 0 aliphatic rings. The van der Waals surface area contributed by atoms with E-state index in [1.807, 2.05) is 36.4 Å². The molecule has 0 heterocycles. The van der Waals surface area contributed by atoms with Gasteiger partial charge in [0.25, 0.3) is 0 Å². The summed E-state index contributed by atoms with van der Waals surface area (Å²) in [5.74, 6) is 0.466. The smallest absolute Gasteiger partial charge is 0.197 e. The maximum absolute atomic E-state index is 7.90. The first-order valence-corrected chi connectivity index (χ1v) is 7.57. The topological polar surface area (TPSA) is 53.1 Å². The van der Waals surface area contributed by atoms with E-state index in [2.05, 4.69) is 48.6 Å². The fourth-order valence-corrected chi connectivity index (χ4v) is 2.69. The molecule has 2 aromatic rings. The van der Waals surface area contributed by atoms with Crippen molar-refractivity contribution in [2.75, 3.05) is 4.90 Å². The summed E-state index contributed by atoms with van der Waals surface area (Å²) in [6, 6.07) is 16.1. The molecule has 3 nitrogen and oxygen atoms in total. The minimum absolute atomic E-state index is 0.0232. The maximum Gasteiger partial charge on any atom is 0.197 e. The van der Waals surface area contributed by atoms with Crippen LogP contribution in [0.25, 0.3) is 0 Å². The standard InChI is InChI=1S/C16H18IN3/c1-11(2)12-6-5-7-13(10-12)20(16(18)19)15-9-4-3-8-14(15)17/h3-11H,1-2H3,(H3,18,19). The molecule has 4 heteroatoms. The Labute approximate surface area is 133 Å². The van der Waals surface area contributed by atoms with Crippen LogP contribution in [0.15, 0.2) is 48.5 Å². The van der Waals surface area contributed by atoms with Crippen molar-refractivity contribution in [1.29, 1.82) is 5.41 Å². The van der Waals surface area contributed by atoms with Gasteiger partial charge in [0.1, 0.15) is 0 Å². The zero-order valence-corrected chi connectivity index (χ0v) is 13.8. The molecule has 3 N–H and O–H groups in total. The second-order valence-corrected chi connectivity index (χ2v) is 6.08. The highest BCUT2D eigenvalue weighted by molar-refractivity contribution is 14.1. The molecule has 0 bridgehead atoms. The van der Waals surface area contributed by atoms with Gasteiger partial charge in [-0.2, -0.15) is 0 Å². The highest BCUT2D eigenvalue weighted by Crippen LogP contribution is 2.30. The monoisotopic (exact) mass is 379 g/mol. The van der Waals surface area contributed by atoms with Crippen LogP contribution in [0.3, 0.4) is 0 Å². The number of rotatable bonds is 3. The van der Waals surface area contributed by atoms with Gasteiger partial charge in [0, 0.05) is 9.26 Å². The van der Waals surface area contributed by atoms with E-state index in [1.165, 1.54) is 5.56 Å². The minimum Gasteiger partial charge on any atom is -0.369 e. The lowest BCUT2D eigenvalue weighted by molar-refractivity contribution is 0.866. The van der Waals surface area contributed by atoms with Crippen LogP contribution in [0.4, 0.5) is 11.4 Å². The SMILES string of the molecule is CC(C)c1cccc(N(C(=N)N)c2ccccc2I)c1. The molecule has 0 amide bonds. The molecule has 20 heavy (non-hydrogen) atoms. The van der Waals surface area contributed by atoms with Gasteiger partial charge >= 0.3 is 0 Å². The summed E-state index contributed by atoms with van der Waals surface area (Å²) in [5, 5.41) is 7.90. The molecule has 0 atom stereocenters. The second kappa shape index (κ2) is 6.26. The van der Waals surface area contributed by atoms with E-state index in [-0.39, 0.29) is 5.96 Å². The Morgan fingerprint density at radius 1 is 1.15 bits per heavy atom. The number of guanidine groups is 1. The fraction of sp³-hybridized carbons (Fsp3) is 0.188. The van der Waals surface area contributed by atoms with Crippen LogP contribution in [0, 0.1) is 8.98 Å². The quantitative estimate of drug-likeness (QED) is 0.471. The van der Waals surface area contributed by atoms with E-state index in [9.17, 15) is 0 Å². The van der Waals surface area contributed by atoms with Gasteiger partial charge in [-0.1, -0.05) is 38.1 Å². The van der Waals surface area contributed by atoms with Crippen molar-refractivity contribution in [3.05, 3.63) is 57.7 Å². The third kappa shape index (κ3) is 3.12. The molecule has 0 unspecified atom stereocenters. The van der Waals surface area contributed by atoms with Crippen LogP contribution in [0.5, 0.6) is 0 Å². The van der Waals surface area contributed by atoms with Gasteiger partial charge in [0.05, 0.1) is 5.69 Å². The summed E-state index contributed by atoms with van der Waals surface area (Å²) >= 11 is 2.26. The van der Waals surface area contributed by atoms with Gasteiger partial charge in [-0.15, -0.1) is 0 Å². The summed E-state index contributed by atoms with van der Waals surface area (Å²) in [6.07, 6.45) is 0. The van der Waals surface area contributed by atoms with Gasteiger partial charge in [-0.25, -0.2) is 0 Å². The zero-order valence-electron chi connectivity index (χ0n) is 11.6. The summed E-state index contributed by atoms with van der Waals surface area (Å²) in [4.78, 5) is 1.77. The van der Waals surface area contributed by atoms with E-state index in [0.29, 0.717) is 5.92 Å². The Balaban J connectivity index is 2.52. The van der Waals surface area contributed by atoms with Crippen LogP contribution in [-0.4, -0.2) is 5.96 Å². The number of nitrogens with two attached hydrogens (primary N) is 1. The van der Waals surface area contributed by atoms with Crippen molar-refractivity contribution in [3.63, 3.8) is 0 Å². The van der Waals surface area contributed by atoms with Crippen molar-refractivity contribution in [1.82, 2.24) is 0 Å². The first-order valence-electron chi connectivity index (χ1n) is 6.49. The highest BCUT2D eigenvalue weighted by atomic mass is 127. The molecule has 0 radical (unpaired) electrons. The molecule has 0 aliphatic carbocycles. The van der Waals surface area contributed by atoms with Crippen LogP contribution in [-0.2, 0) is 0 Å². The normalized spacial score (nSPS) is 10.6. The first-order chi connectivity index (χ1) is 9.50. The van der Waals surface area contributed by atoms with Gasteiger partial charge in [0.15, 0.2) is 5.96 Å². The van der Waals surface area contributed by atoms with Crippen molar-refractivity contribution in [2.45, 2.75) is 19.8 Å². The fourth-order valence-electron chi connectivity index (χ4n) is 2.06. The van der Waals surface area contributed by atoms with Crippen LogP contribution in [0.1, 0.15) is 25.3 Å². The highest BCUT2D eigenvalue weighted by Gasteiger charge is 2.15. The number of halogens is 1.